The van der Waals surface area contributed by atoms with Crippen LogP contribution in [0.25, 0.3) is 0 Å². The number of hydrogen-bond donors (Lipinski definition) is 1. The summed E-state index contributed by atoms with van der Waals surface area (Å²) in [6.45, 7) is 1.42. The lowest BCUT2D eigenvalue weighted by Crippen LogP contribution is -2.29. The van der Waals surface area contributed by atoms with Crippen molar-refractivity contribution in [3.05, 3.63) is 34.3 Å². The lowest BCUT2D eigenvalue weighted by molar-refractivity contribution is -0.145. The van der Waals surface area contributed by atoms with Gasteiger partial charge in [-0.3, -0.25) is 4.79 Å². The quantitative estimate of drug-likeness (QED) is 0.821. The van der Waals surface area contributed by atoms with Crippen LogP contribution in [0.15, 0.2) is 28.7 Å². The summed E-state index contributed by atoms with van der Waals surface area (Å²) in [6.07, 6.45) is 0. The summed E-state index contributed by atoms with van der Waals surface area (Å²) in [5.74, 6) is -1.78. The van der Waals surface area contributed by atoms with Gasteiger partial charge in [-0.15, -0.1) is 0 Å². The summed E-state index contributed by atoms with van der Waals surface area (Å²) in [5.41, 5.74) is -0.683. The second kappa shape index (κ2) is 5.70. The third-order valence-corrected chi connectivity index (χ3v) is 6.86. The minimum atomic E-state index is -3.48. The van der Waals surface area contributed by atoms with Gasteiger partial charge >= 0.3 is 5.97 Å². The average molecular weight is 377 g/mol. The van der Waals surface area contributed by atoms with Gasteiger partial charge in [-0.2, -0.15) is 0 Å². The molecule has 0 heterocycles. The van der Waals surface area contributed by atoms with Crippen LogP contribution in [-0.2, 0) is 19.4 Å². The van der Waals surface area contributed by atoms with Crippen LogP contribution in [0.1, 0.15) is 18.4 Å². The van der Waals surface area contributed by atoms with Gasteiger partial charge < -0.3 is 9.84 Å². The number of methoxy groups -OCH3 is 1. The lowest BCUT2D eigenvalue weighted by Gasteiger charge is -2.11. The van der Waals surface area contributed by atoms with Gasteiger partial charge in [-0.1, -0.05) is 35.0 Å². The summed E-state index contributed by atoms with van der Waals surface area (Å²) < 4.78 is 30.4. The zero-order valence-corrected chi connectivity index (χ0v) is 14.1. The van der Waals surface area contributed by atoms with Gasteiger partial charge in [0.25, 0.3) is 0 Å². The molecule has 21 heavy (non-hydrogen) atoms. The molecule has 1 aliphatic carbocycles. The minimum absolute atomic E-state index is 0.0799. The van der Waals surface area contributed by atoms with E-state index in [1.54, 1.807) is 24.3 Å². The molecule has 116 valence electrons. The van der Waals surface area contributed by atoms with E-state index in [-0.39, 0.29) is 12.4 Å². The molecule has 0 unspecified atom stereocenters. The Hall–Kier alpha value is -0.920. The highest BCUT2D eigenvalue weighted by Crippen LogP contribution is 2.63. The van der Waals surface area contributed by atoms with Crippen molar-refractivity contribution in [1.29, 1.82) is 0 Å². The number of rotatable bonds is 6. The van der Waals surface area contributed by atoms with Gasteiger partial charge in [-0.05, 0) is 17.7 Å². The van der Waals surface area contributed by atoms with Crippen LogP contribution in [-0.4, -0.2) is 44.2 Å². The third kappa shape index (κ3) is 2.62. The summed E-state index contributed by atoms with van der Waals surface area (Å²) in [4.78, 5) is 11.7. The fourth-order valence-corrected chi connectivity index (χ4v) is 5.30. The number of carboxylic acids is 1. The summed E-state index contributed by atoms with van der Waals surface area (Å²) in [7, 11) is -2.09. The van der Waals surface area contributed by atoms with E-state index in [1.165, 1.54) is 14.0 Å². The largest absolute Gasteiger partial charge is 0.481 e. The van der Waals surface area contributed by atoms with Crippen molar-refractivity contribution in [1.82, 2.24) is 0 Å². The number of carbonyl (C=O) groups is 1. The Labute approximate surface area is 132 Å². The first kappa shape index (κ1) is 16.5. The molecule has 1 fully saturated rings. The fourth-order valence-electron chi connectivity index (χ4n) is 2.98. The summed E-state index contributed by atoms with van der Waals surface area (Å²) in [6, 6.07) is 7.08. The van der Waals surface area contributed by atoms with Crippen LogP contribution in [0.5, 0.6) is 0 Å². The number of sulfone groups is 1. The van der Waals surface area contributed by atoms with E-state index in [2.05, 4.69) is 15.9 Å². The van der Waals surface area contributed by atoms with Gasteiger partial charge in [0.15, 0.2) is 9.84 Å². The predicted molar refractivity (Wildman–Crippen MR) is 82.1 cm³/mol. The number of carboxylic acid groups (broad SMARTS) is 1. The second-order valence-electron chi connectivity index (χ2n) is 5.18. The first-order valence-corrected chi connectivity index (χ1v) is 9.01. The molecular formula is C14H17BrO5S. The van der Waals surface area contributed by atoms with Crippen molar-refractivity contribution in [2.45, 2.75) is 18.1 Å². The highest BCUT2D eigenvalue weighted by molar-refractivity contribution is 9.10. The Bertz CT molecular complexity index is 640. The first-order valence-electron chi connectivity index (χ1n) is 6.50. The molecule has 2 rings (SSSR count). The minimum Gasteiger partial charge on any atom is -0.481 e. The average Bonchev–Trinajstić information content (AvgIpc) is 3.11. The van der Waals surface area contributed by atoms with E-state index in [0.717, 1.165) is 4.47 Å². The molecule has 0 radical (unpaired) electrons. The fraction of sp³-hybridized carbons (Fsp3) is 0.500. The molecule has 1 aromatic carbocycles. The smallest absolute Gasteiger partial charge is 0.314 e. The predicted octanol–water partition coefficient (Wildman–Crippen LogP) is 2.07. The third-order valence-electron chi connectivity index (χ3n) is 4.06. The van der Waals surface area contributed by atoms with Crippen LogP contribution in [0.3, 0.4) is 0 Å². The number of benzene rings is 1. The molecular weight excluding hydrogens is 360 g/mol. The van der Waals surface area contributed by atoms with E-state index < -0.39 is 32.4 Å². The number of hydrogen-bond acceptors (Lipinski definition) is 4. The monoisotopic (exact) mass is 376 g/mol. The van der Waals surface area contributed by atoms with E-state index in [4.69, 9.17) is 4.74 Å². The zero-order valence-electron chi connectivity index (χ0n) is 11.7. The van der Waals surface area contributed by atoms with Crippen LogP contribution in [0.4, 0.5) is 0 Å². The maximum Gasteiger partial charge on any atom is 0.314 e. The Kier molecular flexibility index (Phi) is 4.46. The zero-order chi connectivity index (χ0) is 15.8. The van der Waals surface area contributed by atoms with Crippen LogP contribution in [0.2, 0.25) is 0 Å². The van der Waals surface area contributed by atoms with Gasteiger partial charge in [0.05, 0.1) is 11.9 Å². The first-order chi connectivity index (χ1) is 9.81. The molecule has 1 aliphatic rings. The SMILES string of the molecule is CCS(=O)(=O)[C@H]1[C@H](c2ccc(Br)cc2)[C@@]1(COC)C(=O)O. The van der Waals surface area contributed by atoms with Crippen LogP contribution < -0.4 is 0 Å². The summed E-state index contributed by atoms with van der Waals surface area (Å²) >= 11 is 3.31. The Balaban J connectivity index is 2.51. The molecule has 3 atom stereocenters. The molecule has 1 aromatic rings. The maximum absolute atomic E-state index is 12.3. The van der Waals surface area contributed by atoms with E-state index in [1.807, 2.05) is 0 Å². The molecule has 0 spiro atoms. The van der Waals surface area contributed by atoms with Crippen molar-refractivity contribution >= 4 is 31.7 Å². The molecule has 7 heteroatoms. The standard InChI is InChI=1S/C14H17BrO5S/c1-3-21(18,19)12-11(9-4-6-10(15)7-5-9)14(12,8-20-2)13(16)17/h4-7,11-12H,3,8H2,1-2H3,(H,16,17)/t11-,12-,14+/m0/s1. The van der Waals surface area contributed by atoms with E-state index in [9.17, 15) is 18.3 Å². The van der Waals surface area contributed by atoms with Gasteiger partial charge in [0.2, 0.25) is 0 Å². The normalized spacial score (nSPS) is 28.3. The molecule has 0 bridgehead atoms. The molecule has 1 N–H and O–H groups in total. The molecule has 5 nitrogen and oxygen atoms in total. The highest BCUT2D eigenvalue weighted by Gasteiger charge is 2.75. The van der Waals surface area contributed by atoms with Gasteiger partial charge in [0.1, 0.15) is 5.41 Å². The van der Waals surface area contributed by atoms with Crippen molar-refractivity contribution < 1.29 is 23.1 Å². The Morgan fingerprint density at radius 3 is 2.38 bits per heavy atom. The van der Waals surface area contributed by atoms with E-state index in [0.29, 0.717) is 5.56 Å². The van der Waals surface area contributed by atoms with Crippen molar-refractivity contribution in [3.8, 4) is 0 Å². The van der Waals surface area contributed by atoms with Crippen LogP contribution in [0, 0.1) is 5.41 Å². The molecule has 1 saturated carbocycles. The number of aliphatic carboxylic acids is 1. The maximum atomic E-state index is 12.3. The second-order valence-corrected chi connectivity index (χ2v) is 8.51. The van der Waals surface area contributed by atoms with Gasteiger partial charge in [0, 0.05) is 23.3 Å². The van der Waals surface area contributed by atoms with Crippen molar-refractivity contribution in [2.24, 2.45) is 5.41 Å². The number of ether oxygens (including phenoxy) is 1. The highest BCUT2D eigenvalue weighted by atomic mass is 79.9. The van der Waals surface area contributed by atoms with Crippen molar-refractivity contribution in [3.63, 3.8) is 0 Å². The molecule has 0 saturated heterocycles. The summed E-state index contributed by atoms with van der Waals surface area (Å²) in [5, 5.41) is 8.66. The van der Waals surface area contributed by atoms with Crippen molar-refractivity contribution in [2.75, 3.05) is 19.5 Å². The Morgan fingerprint density at radius 2 is 1.95 bits per heavy atom. The Morgan fingerprint density at radius 1 is 1.38 bits per heavy atom. The molecule has 0 aromatic heterocycles. The molecule has 0 aliphatic heterocycles. The topological polar surface area (TPSA) is 80.7 Å². The van der Waals surface area contributed by atoms with Gasteiger partial charge in [-0.25, -0.2) is 8.42 Å². The lowest BCUT2D eigenvalue weighted by atomic mass is 10.0. The number of halogens is 1. The van der Waals surface area contributed by atoms with Crippen LogP contribution >= 0.6 is 15.9 Å². The van der Waals surface area contributed by atoms with E-state index >= 15 is 0 Å². The molecule has 0 amide bonds.